The summed E-state index contributed by atoms with van der Waals surface area (Å²) >= 11 is 3.32. The number of rotatable bonds is 5. The van der Waals surface area contributed by atoms with Gasteiger partial charge in [0.2, 0.25) is 5.91 Å². The van der Waals surface area contributed by atoms with Crippen molar-refractivity contribution in [1.82, 2.24) is 9.88 Å². The van der Waals surface area contributed by atoms with Crippen LogP contribution in [0.25, 0.3) is 10.6 Å². The average Bonchev–Trinajstić information content (AvgIpc) is 3.07. The van der Waals surface area contributed by atoms with Crippen LogP contribution in [-0.2, 0) is 16.0 Å². The second kappa shape index (κ2) is 6.59. The molecule has 122 valence electrons. The molecule has 1 aliphatic heterocycles. The Labute approximate surface area is 143 Å². The second-order valence-corrected chi connectivity index (χ2v) is 7.92. The zero-order valence-corrected chi connectivity index (χ0v) is 14.4. The van der Waals surface area contributed by atoms with Gasteiger partial charge in [0, 0.05) is 29.4 Å². The van der Waals surface area contributed by atoms with Gasteiger partial charge in [-0.1, -0.05) is 0 Å². The third-order valence-electron chi connectivity index (χ3n) is 4.01. The lowest BCUT2D eigenvalue weighted by Crippen LogP contribution is -2.41. The molecule has 1 saturated carbocycles. The van der Waals surface area contributed by atoms with Crippen molar-refractivity contribution in [2.45, 2.75) is 25.3 Å². The molecule has 0 unspecified atom stereocenters. The molecule has 1 aliphatic carbocycles. The van der Waals surface area contributed by atoms with Crippen molar-refractivity contribution < 1.29 is 9.53 Å². The van der Waals surface area contributed by atoms with Gasteiger partial charge in [-0.05, 0) is 25.0 Å². The van der Waals surface area contributed by atoms with Gasteiger partial charge in [0.25, 0.3) is 0 Å². The number of carbonyl (C=O) groups is 1. The summed E-state index contributed by atoms with van der Waals surface area (Å²) in [7, 11) is 0. The molecule has 2 aliphatic rings. The molecule has 4 rings (SSSR count). The number of hydrogen-bond donors (Lipinski definition) is 1. The van der Waals surface area contributed by atoms with Gasteiger partial charge in [-0.2, -0.15) is 0 Å². The van der Waals surface area contributed by atoms with Crippen LogP contribution in [0.3, 0.4) is 0 Å². The summed E-state index contributed by atoms with van der Waals surface area (Å²) in [5.41, 5.74) is 1.01. The molecule has 2 fully saturated rings. The molecule has 1 N–H and O–H groups in total. The number of amides is 1. The number of thiazole rings is 1. The zero-order valence-electron chi connectivity index (χ0n) is 12.8. The van der Waals surface area contributed by atoms with Crippen LogP contribution in [0.5, 0.6) is 0 Å². The van der Waals surface area contributed by atoms with E-state index in [2.05, 4.69) is 21.7 Å². The Morgan fingerprint density at radius 3 is 2.96 bits per heavy atom. The molecule has 3 heterocycles. The van der Waals surface area contributed by atoms with E-state index < -0.39 is 0 Å². The topological polar surface area (TPSA) is 54.5 Å². The van der Waals surface area contributed by atoms with Crippen LogP contribution in [0.1, 0.15) is 17.7 Å². The van der Waals surface area contributed by atoms with E-state index in [1.54, 1.807) is 22.7 Å². The number of nitrogens with zero attached hydrogens (tertiary/aromatic N) is 2. The van der Waals surface area contributed by atoms with E-state index >= 15 is 0 Å². The smallest absolute Gasteiger partial charge is 0.227 e. The van der Waals surface area contributed by atoms with Crippen molar-refractivity contribution >= 4 is 33.7 Å². The molecule has 7 heteroatoms. The molecule has 0 aromatic carbocycles. The number of ether oxygens (including phenoxy) is 1. The summed E-state index contributed by atoms with van der Waals surface area (Å²) in [5, 5.41) is 6.52. The van der Waals surface area contributed by atoms with Crippen LogP contribution in [0.2, 0.25) is 0 Å². The van der Waals surface area contributed by atoms with Crippen LogP contribution in [-0.4, -0.2) is 48.1 Å². The van der Waals surface area contributed by atoms with Gasteiger partial charge < -0.3 is 15.0 Å². The number of carbonyl (C=O) groups excluding carboxylic acids is 1. The highest BCUT2D eigenvalue weighted by molar-refractivity contribution is 7.17. The molecule has 23 heavy (non-hydrogen) atoms. The number of nitrogens with one attached hydrogen (secondary N) is 1. The number of aromatic nitrogens is 1. The highest BCUT2D eigenvalue weighted by Gasteiger charge is 2.22. The predicted octanol–water partition coefficient (Wildman–Crippen LogP) is 2.85. The highest BCUT2D eigenvalue weighted by atomic mass is 32.1. The average molecular weight is 349 g/mol. The highest BCUT2D eigenvalue weighted by Crippen LogP contribution is 2.33. The first kappa shape index (κ1) is 15.1. The fourth-order valence-corrected chi connectivity index (χ4v) is 4.36. The fraction of sp³-hybridized carbons (Fsp3) is 0.500. The van der Waals surface area contributed by atoms with Crippen LogP contribution in [0.15, 0.2) is 17.5 Å². The largest absolute Gasteiger partial charge is 0.378 e. The lowest BCUT2D eigenvalue weighted by molar-refractivity contribution is -0.134. The Morgan fingerprint density at radius 1 is 1.35 bits per heavy atom. The van der Waals surface area contributed by atoms with Crippen LogP contribution < -0.4 is 5.32 Å². The first-order valence-corrected chi connectivity index (χ1v) is 9.64. The van der Waals surface area contributed by atoms with E-state index in [0.717, 1.165) is 20.6 Å². The van der Waals surface area contributed by atoms with Crippen molar-refractivity contribution in [1.29, 1.82) is 0 Å². The molecule has 0 atom stereocenters. The van der Waals surface area contributed by atoms with E-state index in [1.165, 1.54) is 12.8 Å². The molecule has 2 aromatic heterocycles. The van der Waals surface area contributed by atoms with Crippen LogP contribution in [0, 0.1) is 0 Å². The van der Waals surface area contributed by atoms with Gasteiger partial charge in [0.1, 0.15) is 0 Å². The van der Waals surface area contributed by atoms with Gasteiger partial charge in [-0.15, -0.1) is 22.7 Å². The molecular weight excluding hydrogens is 330 g/mol. The van der Waals surface area contributed by atoms with Gasteiger partial charge >= 0.3 is 0 Å². The lowest BCUT2D eigenvalue weighted by atomic mass is 10.3. The first-order chi connectivity index (χ1) is 11.3. The zero-order chi connectivity index (χ0) is 15.6. The van der Waals surface area contributed by atoms with Gasteiger partial charge in [0.15, 0.2) is 5.13 Å². The Kier molecular flexibility index (Phi) is 4.33. The monoisotopic (exact) mass is 349 g/mol. The molecule has 2 aromatic rings. The van der Waals surface area contributed by atoms with E-state index in [1.807, 2.05) is 11.0 Å². The summed E-state index contributed by atoms with van der Waals surface area (Å²) < 4.78 is 5.29. The van der Waals surface area contributed by atoms with Crippen LogP contribution in [0.4, 0.5) is 5.13 Å². The maximum atomic E-state index is 12.3. The SMILES string of the molecule is O=C(Cc1ccc(-c2csc(NC3CC3)n2)s1)N1CCOCC1. The van der Waals surface area contributed by atoms with Gasteiger partial charge in [0.05, 0.1) is 30.2 Å². The van der Waals surface area contributed by atoms with Gasteiger partial charge in [-0.3, -0.25) is 4.79 Å². The lowest BCUT2D eigenvalue weighted by Gasteiger charge is -2.26. The Hall–Kier alpha value is -1.44. The normalized spacial score (nSPS) is 18.2. The summed E-state index contributed by atoms with van der Waals surface area (Å²) in [6.45, 7) is 2.72. The third kappa shape index (κ3) is 3.73. The van der Waals surface area contributed by atoms with Crippen molar-refractivity contribution in [2.75, 3.05) is 31.6 Å². The first-order valence-electron chi connectivity index (χ1n) is 7.94. The number of anilines is 1. The van der Waals surface area contributed by atoms with Crippen molar-refractivity contribution in [3.8, 4) is 10.6 Å². The summed E-state index contributed by atoms with van der Waals surface area (Å²) in [6.07, 6.45) is 2.98. The molecule has 0 radical (unpaired) electrons. The summed E-state index contributed by atoms with van der Waals surface area (Å²) in [4.78, 5) is 21.1. The third-order valence-corrected chi connectivity index (χ3v) is 5.89. The van der Waals surface area contributed by atoms with E-state index in [-0.39, 0.29) is 5.91 Å². The maximum absolute atomic E-state index is 12.3. The number of morpholine rings is 1. The Morgan fingerprint density at radius 2 is 2.17 bits per heavy atom. The maximum Gasteiger partial charge on any atom is 0.227 e. The van der Waals surface area contributed by atoms with Crippen molar-refractivity contribution in [3.63, 3.8) is 0 Å². The number of thiophene rings is 1. The summed E-state index contributed by atoms with van der Waals surface area (Å²) in [6, 6.07) is 4.74. The Balaban J connectivity index is 1.39. The van der Waals surface area contributed by atoms with E-state index in [4.69, 9.17) is 4.74 Å². The summed E-state index contributed by atoms with van der Waals surface area (Å²) in [5.74, 6) is 0.191. The van der Waals surface area contributed by atoms with E-state index in [0.29, 0.717) is 38.8 Å². The molecule has 5 nitrogen and oxygen atoms in total. The van der Waals surface area contributed by atoms with E-state index in [9.17, 15) is 4.79 Å². The van der Waals surface area contributed by atoms with Crippen molar-refractivity contribution in [2.24, 2.45) is 0 Å². The molecule has 1 amide bonds. The molecule has 0 spiro atoms. The number of hydrogen-bond acceptors (Lipinski definition) is 6. The minimum Gasteiger partial charge on any atom is -0.378 e. The minimum atomic E-state index is 0.191. The predicted molar refractivity (Wildman–Crippen MR) is 93.2 cm³/mol. The molecule has 0 bridgehead atoms. The van der Waals surface area contributed by atoms with Crippen molar-refractivity contribution in [3.05, 3.63) is 22.4 Å². The van der Waals surface area contributed by atoms with Crippen LogP contribution >= 0.6 is 22.7 Å². The second-order valence-electron chi connectivity index (χ2n) is 5.89. The minimum absolute atomic E-state index is 0.191. The fourth-order valence-electron chi connectivity index (χ4n) is 2.54. The molecular formula is C16H19N3O2S2. The standard InChI is InChI=1S/C16H19N3O2S2/c20-15(19-5-7-21-8-6-19)9-12-3-4-14(23-12)13-10-22-16(18-13)17-11-1-2-11/h3-4,10-11H,1-2,5-9H2,(H,17,18). The Bertz CT molecular complexity index is 687. The molecule has 1 saturated heterocycles. The van der Waals surface area contributed by atoms with Gasteiger partial charge in [-0.25, -0.2) is 4.98 Å². The quantitative estimate of drug-likeness (QED) is 0.902.